The van der Waals surface area contributed by atoms with Crippen molar-refractivity contribution in [1.29, 1.82) is 5.26 Å². The normalized spacial score (nSPS) is 11.6. The standard InChI is InChI=1S/C33H26N6O/c1-37-29-17-9-8-16-28(29)35-31(37)26(21-34)20-27-32(36-30-18-10-11-19-39(30)33(27)40)38(22-24-12-4-2-5-13-24)23-25-14-6-3-7-15-25/h2-20H,22-23H2,1H3. The van der Waals surface area contributed by atoms with Crippen molar-refractivity contribution in [2.45, 2.75) is 13.1 Å². The Morgan fingerprint density at radius 1 is 0.850 bits per heavy atom. The number of nitriles is 1. The van der Waals surface area contributed by atoms with Crippen molar-refractivity contribution in [1.82, 2.24) is 18.9 Å². The lowest BCUT2D eigenvalue weighted by atomic mass is 10.1. The molecule has 6 aromatic rings. The van der Waals surface area contributed by atoms with Crippen LogP contribution in [0.15, 0.2) is 114 Å². The van der Waals surface area contributed by atoms with Gasteiger partial charge in [0.2, 0.25) is 0 Å². The van der Waals surface area contributed by atoms with E-state index >= 15 is 0 Å². The predicted octanol–water partition coefficient (Wildman–Crippen LogP) is 5.85. The molecule has 0 aliphatic rings. The number of aromatic nitrogens is 4. The first-order valence-corrected chi connectivity index (χ1v) is 13.0. The van der Waals surface area contributed by atoms with Gasteiger partial charge in [0.05, 0.1) is 22.2 Å². The third-order valence-electron chi connectivity index (χ3n) is 6.92. The number of rotatable bonds is 7. The van der Waals surface area contributed by atoms with Crippen molar-refractivity contribution in [3.63, 3.8) is 0 Å². The first kappa shape index (κ1) is 24.8. The van der Waals surface area contributed by atoms with Crippen molar-refractivity contribution < 1.29 is 0 Å². The molecule has 0 aliphatic heterocycles. The summed E-state index contributed by atoms with van der Waals surface area (Å²) in [5.74, 6) is 1.00. The predicted molar refractivity (Wildman–Crippen MR) is 158 cm³/mol. The summed E-state index contributed by atoms with van der Waals surface area (Å²) in [6.07, 6.45) is 3.33. The minimum atomic E-state index is -0.252. The second-order valence-corrected chi connectivity index (χ2v) is 9.56. The van der Waals surface area contributed by atoms with Gasteiger partial charge >= 0.3 is 0 Å². The number of hydrogen-bond donors (Lipinski definition) is 0. The van der Waals surface area contributed by atoms with E-state index in [4.69, 9.17) is 9.97 Å². The lowest BCUT2D eigenvalue weighted by Gasteiger charge is -2.26. The molecule has 0 N–H and O–H groups in total. The van der Waals surface area contributed by atoms with E-state index < -0.39 is 0 Å². The largest absolute Gasteiger partial charge is 0.347 e. The Morgan fingerprint density at radius 2 is 1.48 bits per heavy atom. The van der Waals surface area contributed by atoms with Crippen LogP contribution in [0.1, 0.15) is 22.5 Å². The number of allylic oxidation sites excluding steroid dienone is 1. The quantitative estimate of drug-likeness (QED) is 0.246. The zero-order valence-corrected chi connectivity index (χ0v) is 22.0. The van der Waals surface area contributed by atoms with Gasteiger partial charge in [0.25, 0.3) is 5.56 Å². The fourth-order valence-electron chi connectivity index (χ4n) is 4.95. The zero-order valence-electron chi connectivity index (χ0n) is 22.0. The van der Waals surface area contributed by atoms with Gasteiger partial charge in [-0.25, -0.2) is 9.97 Å². The summed E-state index contributed by atoms with van der Waals surface area (Å²) >= 11 is 0. The molecule has 40 heavy (non-hydrogen) atoms. The van der Waals surface area contributed by atoms with Crippen molar-refractivity contribution in [2.75, 3.05) is 4.90 Å². The van der Waals surface area contributed by atoms with Crippen molar-refractivity contribution in [3.05, 3.63) is 142 Å². The molecule has 0 fully saturated rings. The van der Waals surface area contributed by atoms with Gasteiger partial charge in [0, 0.05) is 26.3 Å². The van der Waals surface area contributed by atoms with Crippen LogP contribution in [-0.2, 0) is 20.1 Å². The van der Waals surface area contributed by atoms with Crippen molar-refractivity contribution in [2.24, 2.45) is 7.05 Å². The van der Waals surface area contributed by atoms with Crippen LogP contribution in [0.2, 0.25) is 0 Å². The number of para-hydroxylation sites is 2. The molecule has 0 unspecified atom stereocenters. The van der Waals surface area contributed by atoms with E-state index in [1.807, 2.05) is 84.4 Å². The number of pyridine rings is 1. The van der Waals surface area contributed by atoms with Crippen LogP contribution in [0.25, 0.3) is 28.3 Å². The molecule has 6 rings (SSSR count). The number of hydrogen-bond acceptors (Lipinski definition) is 5. The van der Waals surface area contributed by atoms with Gasteiger partial charge in [-0.15, -0.1) is 0 Å². The molecule has 0 spiro atoms. The van der Waals surface area contributed by atoms with Crippen LogP contribution in [0.5, 0.6) is 0 Å². The Labute approximate surface area is 231 Å². The monoisotopic (exact) mass is 522 g/mol. The molecular formula is C33H26N6O. The van der Waals surface area contributed by atoms with Gasteiger partial charge < -0.3 is 9.47 Å². The summed E-state index contributed by atoms with van der Waals surface area (Å²) in [5, 5.41) is 10.3. The van der Waals surface area contributed by atoms with Gasteiger partial charge in [0.15, 0.2) is 5.82 Å². The number of anilines is 1. The minimum absolute atomic E-state index is 0.252. The lowest BCUT2D eigenvalue weighted by molar-refractivity contribution is 0.778. The third kappa shape index (κ3) is 4.74. The van der Waals surface area contributed by atoms with E-state index in [0.717, 1.165) is 22.2 Å². The maximum absolute atomic E-state index is 14.0. The molecular weight excluding hydrogens is 496 g/mol. The Morgan fingerprint density at radius 3 is 2.12 bits per heavy atom. The van der Waals surface area contributed by atoms with Crippen molar-refractivity contribution in [3.8, 4) is 6.07 Å². The van der Waals surface area contributed by atoms with E-state index in [0.29, 0.717) is 35.9 Å². The highest BCUT2D eigenvalue weighted by molar-refractivity contribution is 5.92. The molecule has 0 atom stereocenters. The van der Waals surface area contributed by atoms with E-state index in [-0.39, 0.29) is 11.1 Å². The third-order valence-corrected chi connectivity index (χ3v) is 6.92. The highest BCUT2D eigenvalue weighted by Crippen LogP contribution is 2.27. The first-order chi connectivity index (χ1) is 19.6. The Kier molecular flexibility index (Phi) is 6.65. The summed E-state index contributed by atoms with van der Waals surface area (Å²) in [4.78, 5) is 25.8. The van der Waals surface area contributed by atoms with Crippen LogP contribution >= 0.6 is 0 Å². The smallest absolute Gasteiger partial charge is 0.267 e. The number of benzene rings is 3. The van der Waals surface area contributed by atoms with Gasteiger partial charge in [-0.2, -0.15) is 5.26 Å². The second-order valence-electron chi connectivity index (χ2n) is 9.56. The molecule has 7 nitrogen and oxygen atoms in total. The van der Waals surface area contributed by atoms with Crippen molar-refractivity contribution >= 4 is 34.1 Å². The van der Waals surface area contributed by atoms with E-state index in [9.17, 15) is 10.1 Å². The number of nitrogens with zero attached hydrogens (tertiary/aromatic N) is 6. The molecule has 0 aliphatic carbocycles. The van der Waals surface area contributed by atoms with E-state index in [1.165, 1.54) is 4.40 Å². The molecule has 0 bridgehead atoms. The fourth-order valence-corrected chi connectivity index (χ4v) is 4.95. The Balaban J connectivity index is 1.58. The minimum Gasteiger partial charge on any atom is -0.347 e. The summed E-state index contributed by atoms with van der Waals surface area (Å²) in [6.45, 7) is 1.06. The van der Waals surface area contributed by atoms with Crippen LogP contribution in [0.4, 0.5) is 5.82 Å². The highest BCUT2D eigenvalue weighted by Gasteiger charge is 2.21. The van der Waals surface area contributed by atoms with Crippen LogP contribution in [-0.4, -0.2) is 18.9 Å². The maximum atomic E-state index is 14.0. The van der Waals surface area contributed by atoms with Gasteiger partial charge in [-0.1, -0.05) is 78.9 Å². The summed E-state index contributed by atoms with van der Waals surface area (Å²) < 4.78 is 3.39. The Bertz CT molecular complexity index is 1910. The number of aryl methyl sites for hydroxylation is 1. The SMILES string of the molecule is Cn1c(C(C#N)=Cc2c(N(Cc3ccccc3)Cc3ccccc3)nc3ccccn3c2=O)nc2ccccc21. The molecule has 0 saturated heterocycles. The van der Waals surface area contributed by atoms with Crippen LogP contribution < -0.4 is 10.5 Å². The summed E-state index contributed by atoms with van der Waals surface area (Å²) in [7, 11) is 1.87. The number of imidazole rings is 1. The van der Waals surface area contributed by atoms with E-state index in [1.54, 1.807) is 18.3 Å². The van der Waals surface area contributed by atoms with Gasteiger partial charge in [0.1, 0.15) is 17.5 Å². The van der Waals surface area contributed by atoms with Gasteiger partial charge in [-0.05, 0) is 41.5 Å². The maximum Gasteiger partial charge on any atom is 0.267 e. The number of fused-ring (bicyclic) bond motifs is 2. The second kappa shape index (κ2) is 10.7. The topological polar surface area (TPSA) is 79.2 Å². The van der Waals surface area contributed by atoms with E-state index in [2.05, 4.69) is 35.2 Å². The molecule has 3 heterocycles. The summed E-state index contributed by atoms with van der Waals surface area (Å²) in [6, 6.07) is 35.7. The summed E-state index contributed by atoms with van der Waals surface area (Å²) in [5.41, 5.74) is 4.75. The van der Waals surface area contributed by atoms with Gasteiger partial charge in [-0.3, -0.25) is 9.20 Å². The molecule has 7 heteroatoms. The fraction of sp³-hybridized carbons (Fsp3) is 0.0909. The Hall–Kier alpha value is -5.48. The molecule has 0 radical (unpaired) electrons. The molecule has 3 aromatic heterocycles. The average Bonchev–Trinajstić information content (AvgIpc) is 3.33. The zero-order chi connectivity index (χ0) is 27.5. The van der Waals surface area contributed by atoms with Crippen LogP contribution in [0.3, 0.4) is 0 Å². The molecule has 0 saturated carbocycles. The average molecular weight is 523 g/mol. The molecule has 194 valence electrons. The molecule has 3 aromatic carbocycles. The molecule has 0 amide bonds. The first-order valence-electron chi connectivity index (χ1n) is 13.0. The van der Waals surface area contributed by atoms with Crippen LogP contribution in [0, 0.1) is 11.3 Å². The lowest BCUT2D eigenvalue weighted by Crippen LogP contribution is -2.29. The highest BCUT2D eigenvalue weighted by atomic mass is 16.1.